The van der Waals surface area contributed by atoms with E-state index in [1.54, 1.807) is 36.4 Å². The van der Waals surface area contributed by atoms with E-state index >= 15 is 0 Å². The highest BCUT2D eigenvalue weighted by molar-refractivity contribution is 6.30. The van der Waals surface area contributed by atoms with Crippen molar-refractivity contribution in [1.82, 2.24) is 9.55 Å². The number of para-hydroxylation sites is 2. The lowest BCUT2D eigenvalue weighted by Crippen LogP contribution is -2.28. The number of halogens is 1. The van der Waals surface area contributed by atoms with Crippen molar-refractivity contribution in [1.29, 1.82) is 0 Å². The first kappa shape index (κ1) is 15.2. The largest absolute Gasteiger partial charge is 0.480 e. The van der Waals surface area contributed by atoms with Gasteiger partial charge < -0.3 is 5.11 Å². The van der Waals surface area contributed by atoms with Gasteiger partial charge in [-0.1, -0.05) is 35.9 Å². The van der Waals surface area contributed by atoms with Gasteiger partial charge in [-0.3, -0.25) is 14.2 Å². The summed E-state index contributed by atoms with van der Waals surface area (Å²) in [7, 11) is 0. The van der Waals surface area contributed by atoms with Crippen LogP contribution in [0.4, 0.5) is 0 Å². The normalized spacial score (nSPS) is 10.8. The van der Waals surface area contributed by atoms with Crippen LogP contribution in [0.2, 0.25) is 5.02 Å². The van der Waals surface area contributed by atoms with Crippen molar-refractivity contribution in [2.75, 3.05) is 0 Å². The molecular weight excluding hydrogens is 316 g/mol. The standard InChI is InChI=1S/C17H13ClN2O3/c18-12-7-5-11(6-8-12)9-14-17(23)20(10-16(21)22)15-4-2-1-3-13(15)19-14/h1-8H,9-10H2,(H,21,22). The summed E-state index contributed by atoms with van der Waals surface area (Å²) < 4.78 is 1.25. The molecule has 0 amide bonds. The summed E-state index contributed by atoms with van der Waals surface area (Å²) in [5.41, 5.74) is 1.92. The lowest BCUT2D eigenvalue weighted by Gasteiger charge is -2.10. The van der Waals surface area contributed by atoms with Crippen molar-refractivity contribution in [3.63, 3.8) is 0 Å². The van der Waals surface area contributed by atoms with Crippen molar-refractivity contribution in [3.8, 4) is 0 Å². The first-order valence-corrected chi connectivity index (χ1v) is 7.37. The van der Waals surface area contributed by atoms with E-state index in [2.05, 4.69) is 4.98 Å². The number of carbonyl (C=O) groups is 1. The average molecular weight is 329 g/mol. The van der Waals surface area contributed by atoms with Gasteiger partial charge >= 0.3 is 5.97 Å². The number of hydrogen-bond donors (Lipinski definition) is 1. The highest BCUT2D eigenvalue weighted by Gasteiger charge is 2.13. The molecule has 3 aromatic rings. The summed E-state index contributed by atoms with van der Waals surface area (Å²) in [6.07, 6.45) is 0.320. The van der Waals surface area contributed by atoms with E-state index in [0.29, 0.717) is 28.2 Å². The van der Waals surface area contributed by atoms with Gasteiger partial charge in [0.1, 0.15) is 12.2 Å². The number of fused-ring (bicyclic) bond motifs is 1. The molecule has 0 radical (unpaired) electrons. The van der Waals surface area contributed by atoms with Crippen LogP contribution in [0.15, 0.2) is 53.3 Å². The first-order valence-electron chi connectivity index (χ1n) is 6.99. The Labute approximate surface area is 136 Å². The lowest BCUT2D eigenvalue weighted by molar-refractivity contribution is -0.137. The molecule has 0 aliphatic heterocycles. The Balaban J connectivity index is 2.13. The topological polar surface area (TPSA) is 72.2 Å². The molecule has 1 aromatic heterocycles. The van der Waals surface area contributed by atoms with Crippen LogP contribution in [-0.4, -0.2) is 20.6 Å². The molecule has 116 valence electrons. The van der Waals surface area contributed by atoms with Gasteiger partial charge in [0.25, 0.3) is 5.56 Å². The van der Waals surface area contributed by atoms with Crippen LogP contribution in [-0.2, 0) is 17.8 Å². The third kappa shape index (κ3) is 3.24. The number of aromatic nitrogens is 2. The maximum absolute atomic E-state index is 12.6. The minimum Gasteiger partial charge on any atom is -0.480 e. The minimum atomic E-state index is -1.07. The molecule has 1 heterocycles. The number of benzene rings is 2. The molecule has 6 heteroatoms. The quantitative estimate of drug-likeness (QED) is 0.799. The average Bonchev–Trinajstić information content (AvgIpc) is 2.53. The molecule has 0 saturated carbocycles. The second-order valence-electron chi connectivity index (χ2n) is 5.14. The van der Waals surface area contributed by atoms with E-state index in [-0.39, 0.29) is 5.56 Å². The Morgan fingerprint density at radius 1 is 1.13 bits per heavy atom. The van der Waals surface area contributed by atoms with E-state index in [0.717, 1.165) is 5.56 Å². The van der Waals surface area contributed by atoms with Crippen molar-refractivity contribution in [2.24, 2.45) is 0 Å². The van der Waals surface area contributed by atoms with Gasteiger partial charge in [-0.15, -0.1) is 0 Å². The SMILES string of the molecule is O=C(O)Cn1c(=O)c(Cc2ccc(Cl)cc2)nc2ccccc21. The summed E-state index contributed by atoms with van der Waals surface area (Å²) in [5.74, 6) is -1.07. The second-order valence-corrected chi connectivity index (χ2v) is 5.57. The Morgan fingerprint density at radius 3 is 2.52 bits per heavy atom. The van der Waals surface area contributed by atoms with Gasteiger partial charge in [-0.05, 0) is 29.8 Å². The maximum Gasteiger partial charge on any atom is 0.323 e. The Hall–Kier alpha value is -2.66. The molecule has 0 spiro atoms. The first-order chi connectivity index (χ1) is 11.0. The molecule has 0 aliphatic carbocycles. The molecule has 0 saturated heterocycles. The molecular formula is C17H13ClN2O3. The van der Waals surface area contributed by atoms with Crippen LogP contribution in [0, 0.1) is 0 Å². The van der Waals surface area contributed by atoms with Gasteiger partial charge in [-0.2, -0.15) is 0 Å². The number of nitrogens with zero attached hydrogens (tertiary/aromatic N) is 2. The van der Waals surface area contributed by atoms with Crippen LogP contribution in [0.5, 0.6) is 0 Å². The molecule has 5 nitrogen and oxygen atoms in total. The summed E-state index contributed by atoms with van der Waals surface area (Å²) in [4.78, 5) is 28.1. The van der Waals surface area contributed by atoms with Crippen molar-refractivity contribution < 1.29 is 9.90 Å². The fourth-order valence-electron chi connectivity index (χ4n) is 2.45. The molecule has 0 atom stereocenters. The third-order valence-electron chi connectivity index (χ3n) is 3.50. The monoisotopic (exact) mass is 328 g/mol. The smallest absolute Gasteiger partial charge is 0.323 e. The minimum absolute atomic E-state index is 0.312. The fourth-order valence-corrected chi connectivity index (χ4v) is 2.57. The molecule has 2 aromatic carbocycles. The highest BCUT2D eigenvalue weighted by atomic mass is 35.5. The summed E-state index contributed by atoms with van der Waals surface area (Å²) >= 11 is 5.86. The Bertz CT molecular complexity index is 933. The van der Waals surface area contributed by atoms with Crippen LogP contribution >= 0.6 is 11.6 Å². The highest BCUT2D eigenvalue weighted by Crippen LogP contribution is 2.14. The summed E-state index contributed by atoms with van der Waals surface area (Å²) in [5, 5.41) is 9.68. The molecule has 23 heavy (non-hydrogen) atoms. The van der Waals surface area contributed by atoms with Crippen LogP contribution in [0.1, 0.15) is 11.3 Å². The van der Waals surface area contributed by atoms with Gasteiger partial charge in [-0.25, -0.2) is 4.98 Å². The van der Waals surface area contributed by atoms with E-state index in [1.807, 2.05) is 12.1 Å². The van der Waals surface area contributed by atoms with E-state index in [1.165, 1.54) is 4.57 Å². The third-order valence-corrected chi connectivity index (χ3v) is 3.75. The van der Waals surface area contributed by atoms with Gasteiger partial charge in [0.15, 0.2) is 0 Å². The number of carboxylic acids is 1. The number of hydrogen-bond acceptors (Lipinski definition) is 3. The molecule has 3 rings (SSSR count). The molecule has 0 fully saturated rings. The van der Waals surface area contributed by atoms with E-state index in [4.69, 9.17) is 16.7 Å². The number of carboxylic acid groups (broad SMARTS) is 1. The van der Waals surface area contributed by atoms with Crippen molar-refractivity contribution >= 4 is 28.6 Å². The van der Waals surface area contributed by atoms with Crippen molar-refractivity contribution in [3.05, 3.63) is 75.2 Å². The molecule has 0 aliphatic rings. The summed E-state index contributed by atoms with van der Waals surface area (Å²) in [6.45, 7) is -0.393. The van der Waals surface area contributed by atoms with Crippen LogP contribution < -0.4 is 5.56 Å². The van der Waals surface area contributed by atoms with Gasteiger partial charge in [0.05, 0.1) is 11.0 Å². The predicted octanol–water partition coefficient (Wildman–Crippen LogP) is 2.73. The van der Waals surface area contributed by atoms with Crippen molar-refractivity contribution in [2.45, 2.75) is 13.0 Å². The molecule has 0 bridgehead atoms. The number of aliphatic carboxylic acids is 1. The van der Waals surface area contributed by atoms with E-state index < -0.39 is 12.5 Å². The molecule has 0 unspecified atom stereocenters. The predicted molar refractivity (Wildman–Crippen MR) is 87.9 cm³/mol. The number of rotatable bonds is 4. The van der Waals surface area contributed by atoms with Gasteiger partial charge in [0.2, 0.25) is 0 Å². The zero-order chi connectivity index (χ0) is 16.4. The second kappa shape index (κ2) is 6.22. The zero-order valence-corrected chi connectivity index (χ0v) is 12.8. The maximum atomic E-state index is 12.6. The zero-order valence-electron chi connectivity index (χ0n) is 12.1. The van der Waals surface area contributed by atoms with Gasteiger partial charge in [0, 0.05) is 11.4 Å². The molecule has 1 N–H and O–H groups in total. The van der Waals surface area contributed by atoms with Crippen LogP contribution in [0.25, 0.3) is 11.0 Å². The lowest BCUT2D eigenvalue weighted by atomic mass is 10.1. The van der Waals surface area contributed by atoms with E-state index in [9.17, 15) is 9.59 Å². The Morgan fingerprint density at radius 2 is 1.83 bits per heavy atom. The fraction of sp³-hybridized carbons (Fsp3) is 0.118. The summed E-state index contributed by atoms with van der Waals surface area (Å²) in [6, 6.07) is 14.1. The Kier molecular flexibility index (Phi) is 4.12. The van der Waals surface area contributed by atoms with Crippen LogP contribution in [0.3, 0.4) is 0 Å².